The number of hydrogen-bond acceptors (Lipinski definition) is 2. The van der Waals surface area contributed by atoms with E-state index in [2.05, 4.69) is 70.5 Å². The molecule has 2 nitrogen and oxygen atoms in total. The van der Waals surface area contributed by atoms with E-state index in [1.807, 2.05) is 37.3 Å². The van der Waals surface area contributed by atoms with Gasteiger partial charge in [-0.3, -0.25) is 0 Å². The molecule has 0 heterocycles. The van der Waals surface area contributed by atoms with Crippen LogP contribution in [0, 0.1) is 0 Å². The maximum atomic E-state index is 12.7. The van der Waals surface area contributed by atoms with Gasteiger partial charge in [-0.15, -0.1) is 0 Å². The fourth-order valence-corrected chi connectivity index (χ4v) is 4.81. The fraction of sp³-hybridized carbons (Fsp3) is 0.0741. The van der Waals surface area contributed by atoms with Gasteiger partial charge in [0.1, 0.15) is 0 Å². The summed E-state index contributed by atoms with van der Waals surface area (Å²) in [6.45, 7) is 2.18. The van der Waals surface area contributed by atoms with Crippen LogP contribution in [0.1, 0.15) is 17.3 Å². The van der Waals surface area contributed by atoms with E-state index in [0.717, 1.165) is 26.4 Å². The second-order valence-corrected chi connectivity index (χ2v) is 8.09. The van der Waals surface area contributed by atoms with Gasteiger partial charge in [-0.25, -0.2) is 4.79 Å². The lowest BCUT2D eigenvalue weighted by Crippen LogP contribution is -2.06. The molecule has 0 N–H and O–H groups in total. The Kier molecular flexibility index (Phi) is 4.76. The van der Waals surface area contributed by atoms with Gasteiger partial charge < -0.3 is 4.74 Å². The number of carbonyl (C=O) groups is 1. The maximum absolute atomic E-state index is 12.7. The van der Waals surface area contributed by atoms with E-state index in [-0.39, 0.29) is 5.97 Å². The van der Waals surface area contributed by atoms with Gasteiger partial charge in [0.2, 0.25) is 0 Å². The molecule has 30 heavy (non-hydrogen) atoms. The summed E-state index contributed by atoms with van der Waals surface area (Å²) in [5.41, 5.74) is 2.51. The fourth-order valence-electron chi connectivity index (χ4n) is 4.23. The minimum Gasteiger partial charge on any atom is -0.462 e. The third-order valence-electron chi connectivity index (χ3n) is 5.54. The third kappa shape index (κ3) is 2.98. The van der Waals surface area contributed by atoms with Gasteiger partial charge in [-0.2, -0.15) is 0 Å². The molecule has 0 bridgehead atoms. The molecule has 5 aromatic rings. The zero-order valence-electron chi connectivity index (χ0n) is 16.5. The van der Waals surface area contributed by atoms with Crippen LogP contribution in [0.3, 0.4) is 0 Å². The molecule has 0 aliphatic heterocycles. The molecular weight excluding hydrogens is 436 g/mol. The van der Waals surface area contributed by atoms with Crippen LogP contribution in [0.15, 0.2) is 89.4 Å². The first-order chi connectivity index (χ1) is 14.7. The number of ether oxygens (including phenoxy) is 1. The number of fused-ring (bicyclic) bond motifs is 5. The highest BCUT2D eigenvalue weighted by molar-refractivity contribution is 9.10. The van der Waals surface area contributed by atoms with Crippen molar-refractivity contribution in [3.05, 3.63) is 95.0 Å². The van der Waals surface area contributed by atoms with Crippen molar-refractivity contribution < 1.29 is 9.53 Å². The highest BCUT2D eigenvalue weighted by Crippen LogP contribution is 2.41. The van der Waals surface area contributed by atoms with E-state index >= 15 is 0 Å². The van der Waals surface area contributed by atoms with E-state index < -0.39 is 0 Å². The monoisotopic (exact) mass is 454 g/mol. The SMILES string of the molecule is CCOC(=O)c1ccccc1-c1cc2c3ccccc3c(Br)cc2c2ccccc12. The Morgan fingerprint density at radius 1 is 0.700 bits per heavy atom. The lowest BCUT2D eigenvalue weighted by Gasteiger charge is -2.16. The Balaban J connectivity index is 1.94. The van der Waals surface area contributed by atoms with Crippen molar-refractivity contribution >= 4 is 54.2 Å². The summed E-state index contributed by atoms with van der Waals surface area (Å²) < 4.78 is 6.41. The average molecular weight is 455 g/mol. The molecule has 0 fully saturated rings. The van der Waals surface area contributed by atoms with E-state index in [1.165, 1.54) is 21.5 Å². The van der Waals surface area contributed by atoms with Crippen molar-refractivity contribution in [2.45, 2.75) is 6.92 Å². The smallest absolute Gasteiger partial charge is 0.338 e. The first-order valence-corrected chi connectivity index (χ1v) is 10.8. The molecule has 0 saturated carbocycles. The summed E-state index contributed by atoms with van der Waals surface area (Å²) in [7, 11) is 0. The highest BCUT2D eigenvalue weighted by Gasteiger charge is 2.17. The van der Waals surface area contributed by atoms with Crippen molar-refractivity contribution in [2.75, 3.05) is 6.61 Å². The van der Waals surface area contributed by atoms with Gasteiger partial charge in [0.15, 0.2) is 0 Å². The standard InChI is InChI=1S/C27H19BrO2/c1-2-30-27(29)22-14-8-6-12-20(22)23-15-24-19-11-5-7-13-21(19)26(28)16-25(24)18-10-4-3-9-17(18)23/h3-16H,2H2,1H3. The molecule has 0 aliphatic carbocycles. The van der Waals surface area contributed by atoms with E-state index in [0.29, 0.717) is 12.2 Å². The lowest BCUT2D eigenvalue weighted by molar-refractivity contribution is 0.0527. The average Bonchev–Trinajstić information content (AvgIpc) is 2.79. The van der Waals surface area contributed by atoms with Crippen molar-refractivity contribution in [1.82, 2.24) is 0 Å². The summed E-state index contributed by atoms with van der Waals surface area (Å²) in [6, 6.07) is 28.9. The van der Waals surface area contributed by atoms with E-state index in [1.54, 1.807) is 0 Å². The van der Waals surface area contributed by atoms with Crippen molar-refractivity contribution in [1.29, 1.82) is 0 Å². The van der Waals surface area contributed by atoms with Crippen LogP contribution in [0.4, 0.5) is 0 Å². The van der Waals surface area contributed by atoms with E-state index in [9.17, 15) is 4.79 Å². The van der Waals surface area contributed by atoms with Gasteiger partial charge in [-0.05, 0) is 68.6 Å². The Bertz CT molecular complexity index is 1440. The van der Waals surface area contributed by atoms with Crippen molar-refractivity contribution in [3.63, 3.8) is 0 Å². The van der Waals surface area contributed by atoms with Crippen molar-refractivity contribution in [3.8, 4) is 11.1 Å². The molecule has 0 atom stereocenters. The molecular formula is C27H19BrO2. The zero-order chi connectivity index (χ0) is 20.7. The summed E-state index contributed by atoms with van der Waals surface area (Å²) in [5.74, 6) is -0.294. The number of benzene rings is 5. The molecule has 0 radical (unpaired) electrons. The quantitative estimate of drug-likeness (QED) is 0.205. The Morgan fingerprint density at radius 3 is 2.00 bits per heavy atom. The molecule has 0 aromatic heterocycles. The molecule has 0 spiro atoms. The normalized spacial score (nSPS) is 11.3. The van der Waals surface area contributed by atoms with Gasteiger partial charge in [0.25, 0.3) is 0 Å². The minimum atomic E-state index is -0.294. The van der Waals surface area contributed by atoms with Crippen molar-refractivity contribution in [2.24, 2.45) is 0 Å². The molecule has 146 valence electrons. The summed E-state index contributed by atoms with van der Waals surface area (Å²) in [5, 5.41) is 6.99. The summed E-state index contributed by atoms with van der Waals surface area (Å²) >= 11 is 3.75. The Hall–Kier alpha value is -3.17. The lowest BCUT2D eigenvalue weighted by atomic mass is 9.89. The zero-order valence-corrected chi connectivity index (χ0v) is 18.1. The third-order valence-corrected chi connectivity index (χ3v) is 6.20. The van der Waals surface area contributed by atoms with Crippen LogP contribution in [-0.4, -0.2) is 12.6 Å². The number of rotatable bonds is 3. The second-order valence-electron chi connectivity index (χ2n) is 7.23. The molecule has 5 aromatic carbocycles. The minimum absolute atomic E-state index is 0.294. The molecule has 5 rings (SSSR count). The first kappa shape index (κ1) is 18.8. The number of carbonyl (C=O) groups excluding carboxylic acids is 1. The van der Waals surface area contributed by atoms with E-state index in [4.69, 9.17) is 4.74 Å². The van der Waals surface area contributed by atoms with Gasteiger partial charge in [0.05, 0.1) is 12.2 Å². The Morgan fingerprint density at radius 2 is 1.27 bits per heavy atom. The van der Waals surface area contributed by atoms with Gasteiger partial charge in [-0.1, -0.05) is 82.7 Å². The second kappa shape index (κ2) is 7.58. The number of esters is 1. The summed E-state index contributed by atoms with van der Waals surface area (Å²) in [4.78, 5) is 12.7. The Labute approximate surface area is 183 Å². The van der Waals surface area contributed by atoms with Gasteiger partial charge in [0, 0.05) is 4.47 Å². The first-order valence-electron chi connectivity index (χ1n) is 9.98. The number of halogens is 1. The largest absolute Gasteiger partial charge is 0.462 e. The predicted octanol–water partition coefficient (Wildman–Crippen LogP) is 7.75. The summed E-state index contributed by atoms with van der Waals surface area (Å²) in [6.07, 6.45) is 0. The van der Waals surface area contributed by atoms with Gasteiger partial charge >= 0.3 is 5.97 Å². The maximum Gasteiger partial charge on any atom is 0.338 e. The number of hydrogen-bond donors (Lipinski definition) is 0. The van der Waals surface area contributed by atoms with Crippen LogP contribution in [0.2, 0.25) is 0 Å². The van der Waals surface area contributed by atoms with Crippen LogP contribution in [0.5, 0.6) is 0 Å². The van der Waals surface area contributed by atoms with Crippen LogP contribution in [0.25, 0.3) is 43.4 Å². The molecule has 0 amide bonds. The topological polar surface area (TPSA) is 26.3 Å². The predicted molar refractivity (Wildman–Crippen MR) is 128 cm³/mol. The molecule has 0 saturated heterocycles. The van der Waals surface area contributed by atoms with Crippen LogP contribution in [-0.2, 0) is 4.74 Å². The highest BCUT2D eigenvalue weighted by atomic mass is 79.9. The molecule has 0 aliphatic rings. The van der Waals surface area contributed by atoms with Crippen LogP contribution >= 0.6 is 15.9 Å². The molecule has 3 heteroatoms. The van der Waals surface area contributed by atoms with Crippen LogP contribution < -0.4 is 0 Å². The molecule has 0 unspecified atom stereocenters.